The molecule has 0 bridgehead atoms. The zero-order chi connectivity index (χ0) is 14.3. The molecular formula is C14H9NO5. The van der Waals surface area contributed by atoms with E-state index in [0.717, 1.165) is 5.39 Å². The lowest BCUT2D eigenvalue weighted by Gasteiger charge is -1.96. The largest absolute Gasteiger partial charge is 0.481 e. The van der Waals surface area contributed by atoms with Crippen molar-refractivity contribution in [2.24, 2.45) is 0 Å². The topological polar surface area (TPSA) is 93.6 Å². The third kappa shape index (κ3) is 1.97. The minimum absolute atomic E-state index is 0.00480. The van der Waals surface area contributed by atoms with Gasteiger partial charge in [0.15, 0.2) is 0 Å². The van der Waals surface area contributed by atoms with Gasteiger partial charge in [-0.1, -0.05) is 12.1 Å². The predicted molar refractivity (Wildman–Crippen MR) is 71.7 cm³/mol. The van der Waals surface area contributed by atoms with Gasteiger partial charge in [-0.2, -0.15) is 0 Å². The quantitative estimate of drug-likeness (QED) is 0.583. The molecule has 6 nitrogen and oxygen atoms in total. The first-order valence-corrected chi connectivity index (χ1v) is 5.86. The average Bonchev–Trinajstić information content (AvgIpc) is 2.74. The van der Waals surface area contributed by atoms with Gasteiger partial charge in [0.1, 0.15) is 11.2 Å². The Morgan fingerprint density at radius 1 is 1.15 bits per heavy atom. The van der Waals surface area contributed by atoms with Gasteiger partial charge in [0.05, 0.1) is 11.3 Å². The highest BCUT2D eigenvalue weighted by molar-refractivity contribution is 6.05. The van der Waals surface area contributed by atoms with E-state index in [1.165, 1.54) is 12.1 Å². The highest BCUT2D eigenvalue weighted by atomic mass is 16.6. The molecule has 2 aromatic carbocycles. The molecule has 3 rings (SSSR count). The van der Waals surface area contributed by atoms with E-state index >= 15 is 0 Å². The zero-order valence-corrected chi connectivity index (χ0v) is 10.2. The number of fused-ring (bicyclic) bond motifs is 3. The zero-order valence-electron chi connectivity index (χ0n) is 10.2. The number of nitro groups is 1. The van der Waals surface area contributed by atoms with Crippen LogP contribution in [0.5, 0.6) is 0 Å². The molecule has 0 aliphatic carbocycles. The van der Waals surface area contributed by atoms with Gasteiger partial charge in [0, 0.05) is 22.9 Å². The first kappa shape index (κ1) is 12.2. The van der Waals surface area contributed by atoms with E-state index in [-0.39, 0.29) is 12.1 Å². The first-order valence-electron chi connectivity index (χ1n) is 5.86. The van der Waals surface area contributed by atoms with Crippen molar-refractivity contribution in [3.63, 3.8) is 0 Å². The molecule has 1 heterocycles. The fourth-order valence-electron chi connectivity index (χ4n) is 2.21. The van der Waals surface area contributed by atoms with E-state index < -0.39 is 10.9 Å². The van der Waals surface area contributed by atoms with Crippen LogP contribution in [0.3, 0.4) is 0 Å². The highest BCUT2D eigenvalue weighted by Gasteiger charge is 2.13. The molecule has 0 amide bonds. The lowest BCUT2D eigenvalue weighted by Crippen LogP contribution is -1.99. The molecule has 0 fully saturated rings. The van der Waals surface area contributed by atoms with Gasteiger partial charge in [-0.25, -0.2) is 0 Å². The molecule has 1 aromatic heterocycles. The van der Waals surface area contributed by atoms with Crippen molar-refractivity contribution in [3.05, 3.63) is 52.1 Å². The molecule has 0 saturated carbocycles. The number of non-ortho nitro benzene ring substituents is 1. The van der Waals surface area contributed by atoms with Crippen molar-refractivity contribution in [2.45, 2.75) is 6.42 Å². The number of hydrogen-bond donors (Lipinski definition) is 1. The Kier molecular flexibility index (Phi) is 2.64. The maximum atomic E-state index is 10.8. The highest BCUT2D eigenvalue weighted by Crippen LogP contribution is 2.31. The van der Waals surface area contributed by atoms with Crippen LogP contribution in [0.25, 0.3) is 21.9 Å². The smallest absolute Gasteiger partial charge is 0.307 e. The number of rotatable bonds is 3. The number of hydrogen-bond acceptors (Lipinski definition) is 4. The lowest BCUT2D eigenvalue weighted by molar-refractivity contribution is -0.384. The van der Waals surface area contributed by atoms with E-state index in [1.54, 1.807) is 24.3 Å². The van der Waals surface area contributed by atoms with Gasteiger partial charge in [-0.3, -0.25) is 14.9 Å². The monoisotopic (exact) mass is 271 g/mol. The van der Waals surface area contributed by atoms with Gasteiger partial charge < -0.3 is 9.52 Å². The van der Waals surface area contributed by atoms with Crippen LogP contribution < -0.4 is 0 Å². The number of aliphatic carboxylic acids is 1. The predicted octanol–water partition coefficient (Wildman–Crippen LogP) is 3.12. The number of furan rings is 1. The average molecular weight is 271 g/mol. The number of carbonyl (C=O) groups is 1. The van der Waals surface area contributed by atoms with Gasteiger partial charge in [-0.05, 0) is 17.7 Å². The van der Waals surface area contributed by atoms with Crippen molar-refractivity contribution in [3.8, 4) is 0 Å². The second kappa shape index (κ2) is 4.34. The van der Waals surface area contributed by atoms with Gasteiger partial charge in [0.25, 0.3) is 5.69 Å². The second-order valence-electron chi connectivity index (χ2n) is 4.44. The van der Waals surface area contributed by atoms with E-state index in [4.69, 9.17) is 9.52 Å². The van der Waals surface area contributed by atoms with Crippen molar-refractivity contribution in [2.75, 3.05) is 0 Å². The van der Waals surface area contributed by atoms with Crippen LogP contribution in [0, 0.1) is 10.1 Å². The Hall–Kier alpha value is -2.89. The van der Waals surface area contributed by atoms with Gasteiger partial charge in [-0.15, -0.1) is 0 Å². The molecule has 0 spiro atoms. The second-order valence-corrected chi connectivity index (χ2v) is 4.44. The van der Waals surface area contributed by atoms with Crippen molar-refractivity contribution < 1.29 is 19.2 Å². The Balaban J connectivity index is 2.21. The van der Waals surface area contributed by atoms with E-state index in [1.807, 2.05) is 0 Å². The molecule has 0 unspecified atom stereocenters. The normalized spacial score (nSPS) is 11.0. The number of nitrogens with zero attached hydrogens (tertiary/aromatic N) is 1. The number of carboxylic acids is 1. The fourth-order valence-corrected chi connectivity index (χ4v) is 2.21. The van der Waals surface area contributed by atoms with Gasteiger partial charge in [0.2, 0.25) is 0 Å². The molecule has 0 saturated heterocycles. The Labute approximate surface area is 112 Å². The molecular weight excluding hydrogens is 262 g/mol. The van der Waals surface area contributed by atoms with Crippen LogP contribution in [0.1, 0.15) is 5.56 Å². The molecule has 0 radical (unpaired) electrons. The van der Waals surface area contributed by atoms with E-state index in [2.05, 4.69) is 0 Å². The van der Waals surface area contributed by atoms with Crippen LogP contribution in [0.2, 0.25) is 0 Å². The minimum atomic E-state index is -0.920. The summed E-state index contributed by atoms with van der Waals surface area (Å²) in [5.74, 6) is -0.920. The van der Waals surface area contributed by atoms with E-state index in [9.17, 15) is 14.9 Å². The molecule has 3 aromatic rings. The lowest BCUT2D eigenvalue weighted by atomic mass is 10.1. The van der Waals surface area contributed by atoms with Crippen molar-refractivity contribution >= 4 is 33.6 Å². The van der Waals surface area contributed by atoms with Crippen LogP contribution in [-0.2, 0) is 11.2 Å². The summed E-state index contributed by atoms with van der Waals surface area (Å²) < 4.78 is 5.59. The van der Waals surface area contributed by atoms with Crippen LogP contribution in [-0.4, -0.2) is 16.0 Å². The minimum Gasteiger partial charge on any atom is -0.481 e. The van der Waals surface area contributed by atoms with Crippen LogP contribution >= 0.6 is 0 Å². The van der Waals surface area contributed by atoms with Crippen LogP contribution in [0.4, 0.5) is 5.69 Å². The summed E-state index contributed by atoms with van der Waals surface area (Å²) in [6.07, 6.45) is -0.0901. The fraction of sp³-hybridized carbons (Fsp3) is 0.0714. The molecule has 20 heavy (non-hydrogen) atoms. The molecule has 0 aliphatic rings. The first-order chi connectivity index (χ1) is 9.54. The van der Waals surface area contributed by atoms with Gasteiger partial charge >= 0.3 is 5.97 Å². The SMILES string of the molecule is O=C(O)Cc1ccc2c(c1)oc1ccc([N+](=O)[O-])cc12. The third-order valence-electron chi connectivity index (χ3n) is 3.09. The summed E-state index contributed by atoms with van der Waals surface area (Å²) in [5.41, 5.74) is 1.69. The summed E-state index contributed by atoms with van der Waals surface area (Å²) >= 11 is 0. The molecule has 1 N–H and O–H groups in total. The summed E-state index contributed by atoms with van der Waals surface area (Å²) in [6, 6.07) is 9.44. The maximum Gasteiger partial charge on any atom is 0.307 e. The molecule has 6 heteroatoms. The molecule has 100 valence electrons. The summed E-state index contributed by atoms with van der Waals surface area (Å²) in [7, 11) is 0. The summed E-state index contributed by atoms with van der Waals surface area (Å²) in [6.45, 7) is 0. The number of benzene rings is 2. The number of carboxylic acid groups (broad SMARTS) is 1. The van der Waals surface area contributed by atoms with Crippen LogP contribution in [0.15, 0.2) is 40.8 Å². The maximum absolute atomic E-state index is 10.8. The van der Waals surface area contributed by atoms with E-state index in [0.29, 0.717) is 22.1 Å². The molecule has 0 aliphatic heterocycles. The van der Waals surface area contributed by atoms with Crippen molar-refractivity contribution in [1.29, 1.82) is 0 Å². The van der Waals surface area contributed by atoms with Crippen molar-refractivity contribution in [1.82, 2.24) is 0 Å². The summed E-state index contributed by atoms with van der Waals surface area (Å²) in [5, 5.41) is 20.9. The molecule has 0 atom stereocenters. The Morgan fingerprint density at radius 3 is 2.65 bits per heavy atom. The standard InChI is InChI=1S/C14H9NO5/c16-14(17)6-8-1-3-10-11-7-9(15(18)19)2-4-12(11)20-13(10)5-8/h1-5,7H,6H2,(H,16,17). The Bertz CT molecular complexity index is 849. The Morgan fingerprint density at radius 2 is 1.95 bits per heavy atom. The summed E-state index contributed by atoms with van der Waals surface area (Å²) in [4.78, 5) is 21.0. The number of nitro benzene ring substituents is 1. The third-order valence-corrected chi connectivity index (χ3v) is 3.09.